The summed E-state index contributed by atoms with van der Waals surface area (Å²) in [5.74, 6) is 0.487. The van der Waals surface area contributed by atoms with Crippen LogP contribution in [0.3, 0.4) is 0 Å². The molecule has 1 aromatic carbocycles. The van der Waals surface area contributed by atoms with Crippen molar-refractivity contribution >= 4 is 5.91 Å². The average molecular weight is 341 g/mol. The molecule has 2 heterocycles. The van der Waals surface area contributed by atoms with Crippen LogP contribution in [-0.4, -0.2) is 41.6 Å². The molecule has 3 rings (SSSR count). The molecule has 1 fully saturated rings. The van der Waals surface area contributed by atoms with Gasteiger partial charge in [-0.25, -0.2) is 0 Å². The highest BCUT2D eigenvalue weighted by atomic mass is 16.5. The SMILES string of the molecule is Cc1noc(C)c1C(=O)NC(Cc1ccccc1)CN1CCCCC1. The van der Waals surface area contributed by atoms with Gasteiger partial charge in [-0.3, -0.25) is 4.79 Å². The fraction of sp³-hybridized carbons (Fsp3) is 0.500. The van der Waals surface area contributed by atoms with Crippen LogP contribution in [0.25, 0.3) is 0 Å². The summed E-state index contributed by atoms with van der Waals surface area (Å²) in [6.07, 6.45) is 4.63. The van der Waals surface area contributed by atoms with Crippen molar-refractivity contribution in [2.45, 2.75) is 45.6 Å². The predicted molar refractivity (Wildman–Crippen MR) is 97.7 cm³/mol. The van der Waals surface area contributed by atoms with Crippen molar-refractivity contribution in [2.24, 2.45) is 0 Å². The minimum absolute atomic E-state index is 0.0710. The van der Waals surface area contributed by atoms with Crippen LogP contribution in [0.1, 0.15) is 46.6 Å². The minimum atomic E-state index is -0.0887. The first-order valence-corrected chi connectivity index (χ1v) is 9.13. The van der Waals surface area contributed by atoms with E-state index in [0.29, 0.717) is 17.0 Å². The van der Waals surface area contributed by atoms with E-state index >= 15 is 0 Å². The van der Waals surface area contributed by atoms with Gasteiger partial charge in [0, 0.05) is 12.6 Å². The molecule has 2 aromatic rings. The van der Waals surface area contributed by atoms with E-state index in [4.69, 9.17) is 4.52 Å². The average Bonchev–Trinajstić information content (AvgIpc) is 2.95. The zero-order valence-corrected chi connectivity index (χ0v) is 15.1. The third-order valence-corrected chi connectivity index (χ3v) is 4.85. The lowest BCUT2D eigenvalue weighted by molar-refractivity contribution is 0.0918. The predicted octanol–water partition coefficient (Wildman–Crippen LogP) is 3.12. The third kappa shape index (κ3) is 4.69. The standard InChI is InChI=1S/C20H27N3O2/c1-15-19(16(2)25-22-15)20(24)21-18(13-17-9-5-3-6-10-17)14-23-11-7-4-8-12-23/h3,5-6,9-10,18H,4,7-8,11-14H2,1-2H3,(H,21,24). The largest absolute Gasteiger partial charge is 0.361 e. The van der Waals surface area contributed by atoms with E-state index in [0.717, 1.165) is 26.1 Å². The Bertz CT molecular complexity index is 671. The van der Waals surface area contributed by atoms with Gasteiger partial charge in [0.25, 0.3) is 5.91 Å². The summed E-state index contributed by atoms with van der Waals surface area (Å²) in [4.78, 5) is 15.2. The van der Waals surface area contributed by atoms with Crippen molar-refractivity contribution in [3.8, 4) is 0 Å². The first-order valence-electron chi connectivity index (χ1n) is 9.13. The number of likely N-dealkylation sites (tertiary alicyclic amines) is 1. The van der Waals surface area contributed by atoms with E-state index in [9.17, 15) is 4.79 Å². The Kier molecular flexibility index (Phi) is 5.87. The van der Waals surface area contributed by atoms with E-state index < -0.39 is 0 Å². The van der Waals surface area contributed by atoms with Crippen molar-refractivity contribution in [3.63, 3.8) is 0 Å². The minimum Gasteiger partial charge on any atom is -0.361 e. The molecule has 1 saturated heterocycles. The maximum absolute atomic E-state index is 12.8. The van der Waals surface area contributed by atoms with Crippen LogP contribution in [0.2, 0.25) is 0 Å². The van der Waals surface area contributed by atoms with Gasteiger partial charge in [-0.15, -0.1) is 0 Å². The van der Waals surface area contributed by atoms with Gasteiger partial charge in [-0.05, 0) is 51.8 Å². The number of nitrogens with one attached hydrogen (secondary N) is 1. The molecule has 5 nitrogen and oxygen atoms in total. The number of nitrogens with zero attached hydrogens (tertiary/aromatic N) is 2. The number of piperidine rings is 1. The molecule has 0 aliphatic carbocycles. The van der Waals surface area contributed by atoms with Gasteiger partial charge < -0.3 is 14.7 Å². The van der Waals surface area contributed by atoms with Crippen LogP contribution in [0.5, 0.6) is 0 Å². The summed E-state index contributed by atoms with van der Waals surface area (Å²) in [5.41, 5.74) is 2.45. The van der Waals surface area contributed by atoms with Crippen molar-refractivity contribution in [1.82, 2.24) is 15.4 Å². The molecule has 1 aliphatic rings. The molecular formula is C20H27N3O2. The number of benzene rings is 1. The first kappa shape index (κ1) is 17.7. The Balaban J connectivity index is 1.71. The van der Waals surface area contributed by atoms with E-state index in [2.05, 4.69) is 27.5 Å². The molecule has 1 aliphatic heterocycles. The molecule has 0 bridgehead atoms. The molecule has 1 N–H and O–H groups in total. The molecule has 0 saturated carbocycles. The zero-order chi connectivity index (χ0) is 17.6. The third-order valence-electron chi connectivity index (χ3n) is 4.85. The molecule has 1 aromatic heterocycles. The highest BCUT2D eigenvalue weighted by Gasteiger charge is 2.23. The van der Waals surface area contributed by atoms with Crippen LogP contribution in [-0.2, 0) is 6.42 Å². The smallest absolute Gasteiger partial charge is 0.257 e. The number of hydrogen-bond acceptors (Lipinski definition) is 4. The first-order chi connectivity index (χ1) is 12.1. The summed E-state index contributed by atoms with van der Waals surface area (Å²) in [5, 5.41) is 7.11. The lowest BCUT2D eigenvalue weighted by Gasteiger charge is -2.31. The fourth-order valence-corrected chi connectivity index (χ4v) is 3.58. The summed E-state index contributed by atoms with van der Waals surface area (Å²) < 4.78 is 5.14. The number of aryl methyl sites for hydroxylation is 2. The Hall–Kier alpha value is -2.14. The molecule has 1 atom stereocenters. The Labute approximate surface area is 149 Å². The molecular weight excluding hydrogens is 314 g/mol. The van der Waals surface area contributed by atoms with Crippen LogP contribution in [0, 0.1) is 13.8 Å². The van der Waals surface area contributed by atoms with Crippen LogP contribution in [0.4, 0.5) is 0 Å². The van der Waals surface area contributed by atoms with Crippen LogP contribution < -0.4 is 5.32 Å². The van der Waals surface area contributed by atoms with Crippen molar-refractivity contribution < 1.29 is 9.32 Å². The quantitative estimate of drug-likeness (QED) is 0.877. The maximum Gasteiger partial charge on any atom is 0.257 e. The molecule has 0 radical (unpaired) electrons. The van der Waals surface area contributed by atoms with Gasteiger partial charge in [0.05, 0.1) is 5.69 Å². The normalized spacial score (nSPS) is 16.6. The monoisotopic (exact) mass is 341 g/mol. The Morgan fingerprint density at radius 1 is 1.20 bits per heavy atom. The van der Waals surface area contributed by atoms with E-state index in [1.54, 1.807) is 6.92 Å². The second kappa shape index (κ2) is 8.30. The zero-order valence-electron chi connectivity index (χ0n) is 15.1. The van der Waals surface area contributed by atoms with Gasteiger partial charge >= 0.3 is 0 Å². The fourth-order valence-electron chi connectivity index (χ4n) is 3.58. The van der Waals surface area contributed by atoms with Crippen LogP contribution >= 0.6 is 0 Å². The number of hydrogen-bond donors (Lipinski definition) is 1. The van der Waals surface area contributed by atoms with E-state index in [1.807, 2.05) is 25.1 Å². The van der Waals surface area contributed by atoms with Gasteiger partial charge in [0.1, 0.15) is 11.3 Å². The van der Waals surface area contributed by atoms with Gasteiger partial charge in [0.15, 0.2) is 0 Å². The number of amides is 1. The molecule has 0 spiro atoms. The summed E-state index contributed by atoms with van der Waals surface area (Å²) in [6, 6.07) is 10.4. The molecule has 1 unspecified atom stereocenters. The molecule has 134 valence electrons. The molecule has 1 amide bonds. The lowest BCUT2D eigenvalue weighted by Crippen LogP contribution is -2.46. The summed E-state index contributed by atoms with van der Waals surface area (Å²) in [7, 11) is 0. The highest BCUT2D eigenvalue weighted by molar-refractivity contribution is 5.96. The molecule has 5 heteroatoms. The summed E-state index contributed by atoms with van der Waals surface area (Å²) >= 11 is 0. The van der Waals surface area contributed by atoms with E-state index in [1.165, 1.54) is 24.8 Å². The number of aromatic nitrogens is 1. The highest BCUT2D eigenvalue weighted by Crippen LogP contribution is 2.15. The summed E-state index contributed by atoms with van der Waals surface area (Å²) in [6.45, 7) is 6.71. The second-order valence-electron chi connectivity index (χ2n) is 6.92. The van der Waals surface area contributed by atoms with Gasteiger partial charge in [-0.2, -0.15) is 0 Å². The number of carbonyl (C=O) groups is 1. The lowest BCUT2D eigenvalue weighted by atomic mass is 10.0. The topological polar surface area (TPSA) is 58.4 Å². The molecule has 25 heavy (non-hydrogen) atoms. The van der Waals surface area contributed by atoms with Crippen molar-refractivity contribution in [3.05, 3.63) is 52.9 Å². The van der Waals surface area contributed by atoms with Crippen molar-refractivity contribution in [2.75, 3.05) is 19.6 Å². The Morgan fingerprint density at radius 2 is 1.92 bits per heavy atom. The number of carbonyl (C=O) groups excluding carboxylic acids is 1. The van der Waals surface area contributed by atoms with Crippen molar-refractivity contribution in [1.29, 1.82) is 0 Å². The van der Waals surface area contributed by atoms with Crippen LogP contribution in [0.15, 0.2) is 34.9 Å². The second-order valence-corrected chi connectivity index (χ2v) is 6.92. The Morgan fingerprint density at radius 3 is 2.56 bits per heavy atom. The van der Waals surface area contributed by atoms with Gasteiger partial charge in [-0.1, -0.05) is 41.9 Å². The number of rotatable bonds is 6. The van der Waals surface area contributed by atoms with Gasteiger partial charge in [0.2, 0.25) is 0 Å². The van der Waals surface area contributed by atoms with E-state index in [-0.39, 0.29) is 11.9 Å². The maximum atomic E-state index is 12.8.